The predicted octanol–water partition coefficient (Wildman–Crippen LogP) is 3.34. The highest BCUT2D eigenvalue weighted by Crippen LogP contribution is 2.38. The normalized spacial score (nSPS) is 11.9. The van der Waals surface area contributed by atoms with Crippen LogP contribution in [0, 0.1) is 0 Å². The van der Waals surface area contributed by atoms with Gasteiger partial charge in [-0.1, -0.05) is 20.8 Å². The van der Waals surface area contributed by atoms with Crippen molar-refractivity contribution in [3.63, 3.8) is 0 Å². The van der Waals surface area contributed by atoms with Gasteiger partial charge in [0, 0.05) is 0 Å². The molecule has 0 fully saturated rings. The second-order valence-corrected chi connectivity index (χ2v) is 8.07. The summed E-state index contributed by atoms with van der Waals surface area (Å²) in [6.45, 7) is 10.5. The lowest BCUT2D eigenvalue weighted by Crippen LogP contribution is -2.14. The maximum atomic E-state index is 9.86. The number of hydrogen-bond donors (Lipinski definition) is 2. The Morgan fingerprint density at radius 1 is 1.25 bits per heavy atom. The van der Waals surface area contributed by atoms with Crippen LogP contribution in [0.4, 0.5) is 0 Å². The predicted molar refractivity (Wildman–Crippen MR) is 73.6 cm³/mol. The van der Waals surface area contributed by atoms with Crippen LogP contribution in [0.15, 0.2) is 17.0 Å². The van der Waals surface area contributed by atoms with Crippen molar-refractivity contribution in [1.82, 2.24) is 0 Å². The molecule has 0 aromatic heterocycles. The molecule has 1 aromatic rings. The number of benzene rings is 1. The third-order valence-electron chi connectivity index (χ3n) is 2.28. The smallest absolute Gasteiger partial charge is 0.229 e. The Balaban J connectivity index is 3.22. The van der Waals surface area contributed by atoms with Gasteiger partial charge in [-0.3, -0.25) is 0 Å². The van der Waals surface area contributed by atoms with Crippen LogP contribution in [0.3, 0.4) is 0 Å². The Bertz CT molecular complexity index is 383. The van der Waals surface area contributed by atoms with E-state index in [1.165, 1.54) is 0 Å². The van der Waals surface area contributed by atoms with Crippen molar-refractivity contribution in [3.05, 3.63) is 17.7 Å². The molecule has 4 heteroatoms. The zero-order valence-electron chi connectivity index (χ0n) is 10.5. The maximum Gasteiger partial charge on any atom is 0.229 e. The van der Waals surface area contributed by atoms with Gasteiger partial charge in [-0.15, -0.1) is 12.6 Å². The average Bonchev–Trinajstić information content (AvgIpc) is 2.10. The fourth-order valence-corrected chi connectivity index (χ4v) is 2.31. The molecule has 0 aliphatic rings. The summed E-state index contributed by atoms with van der Waals surface area (Å²) < 4.78 is 5.70. The van der Waals surface area contributed by atoms with E-state index in [4.69, 9.17) is 4.43 Å². The first-order valence-corrected chi connectivity index (χ1v) is 8.67. The molecule has 0 spiro atoms. The molecule has 1 rings (SSSR count). The van der Waals surface area contributed by atoms with Crippen LogP contribution in [-0.4, -0.2) is 14.1 Å². The zero-order chi connectivity index (χ0) is 12.5. The lowest BCUT2D eigenvalue weighted by atomic mass is 9.87. The van der Waals surface area contributed by atoms with E-state index in [1.54, 1.807) is 0 Å². The number of thiol groups is 1. The SMILES string of the molecule is C[SiH](C)Oc1cc(C(C)(C)C)cc(S)c1O. The molecule has 0 aliphatic heterocycles. The van der Waals surface area contributed by atoms with E-state index < -0.39 is 9.04 Å². The van der Waals surface area contributed by atoms with Gasteiger partial charge >= 0.3 is 0 Å². The van der Waals surface area contributed by atoms with Gasteiger partial charge in [0.15, 0.2) is 5.75 Å². The molecule has 0 aliphatic carbocycles. The van der Waals surface area contributed by atoms with Crippen molar-refractivity contribution >= 4 is 21.7 Å². The zero-order valence-corrected chi connectivity index (χ0v) is 12.6. The highest BCUT2D eigenvalue weighted by Gasteiger charge is 2.18. The van der Waals surface area contributed by atoms with Gasteiger partial charge in [0.25, 0.3) is 0 Å². The van der Waals surface area contributed by atoms with E-state index in [0.717, 1.165) is 5.56 Å². The average molecular weight is 256 g/mol. The lowest BCUT2D eigenvalue weighted by molar-refractivity contribution is 0.426. The van der Waals surface area contributed by atoms with Crippen molar-refractivity contribution in [2.45, 2.75) is 44.2 Å². The van der Waals surface area contributed by atoms with E-state index in [1.807, 2.05) is 12.1 Å². The molecule has 0 saturated heterocycles. The minimum Gasteiger partial charge on any atom is -0.544 e. The molecule has 0 amide bonds. The number of hydrogen-bond acceptors (Lipinski definition) is 3. The molecule has 0 unspecified atom stereocenters. The second kappa shape index (κ2) is 4.71. The fourth-order valence-electron chi connectivity index (χ4n) is 1.37. The molecule has 0 atom stereocenters. The van der Waals surface area contributed by atoms with E-state index in [9.17, 15) is 5.11 Å². The molecular weight excluding hydrogens is 236 g/mol. The molecule has 1 N–H and O–H groups in total. The van der Waals surface area contributed by atoms with Gasteiger partial charge < -0.3 is 9.53 Å². The summed E-state index contributed by atoms with van der Waals surface area (Å²) in [5, 5.41) is 9.86. The van der Waals surface area contributed by atoms with Crippen molar-refractivity contribution in [2.75, 3.05) is 0 Å². The van der Waals surface area contributed by atoms with Crippen molar-refractivity contribution in [3.8, 4) is 11.5 Å². The first-order valence-electron chi connectivity index (χ1n) is 5.45. The molecule has 16 heavy (non-hydrogen) atoms. The first kappa shape index (κ1) is 13.5. The van der Waals surface area contributed by atoms with Gasteiger partial charge in [-0.05, 0) is 36.2 Å². The van der Waals surface area contributed by atoms with E-state index in [2.05, 4.69) is 46.5 Å². The van der Waals surface area contributed by atoms with Gasteiger partial charge in [-0.2, -0.15) is 0 Å². The van der Waals surface area contributed by atoms with Crippen LogP contribution in [0.2, 0.25) is 13.1 Å². The van der Waals surface area contributed by atoms with Crippen LogP contribution >= 0.6 is 12.6 Å². The summed E-state index contributed by atoms with van der Waals surface area (Å²) in [6, 6.07) is 3.81. The van der Waals surface area contributed by atoms with Crippen molar-refractivity contribution in [2.24, 2.45) is 0 Å². The Labute approximate surface area is 105 Å². The quantitative estimate of drug-likeness (QED) is 0.628. The molecule has 1 aromatic carbocycles. The molecule has 0 radical (unpaired) electrons. The standard InChI is InChI=1S/C12H20O2SSi/c1-12(2,3)8-6-9(14-16(4)5)11(13)10(15)7-8/h6-7,13,15-16H,1-5H3. The maximum absolute atomic E-state index is 9.86. The second-order valence-electron chi connectivity index (χ2n) is 5.26. The third-order valence-corrected chi connectivity index (χ3v) is 3.35. The fraction of sp³-hybridized carbons (Fsp3) is 0.500. The molecule has 90 valence electrons. The Hall–Kier alpha value is -0.613. The Morgan fingerprint density at radius 3 is 2.25 bits per heavy atom. The van der Waals surface area contributed by atoms with E-state index in [-0.39, 0.29) is 11.2 Å². The van der Waals surface area contributed by atoms with Crippen molar-refractivity contribution in [1.29, 1.82) is 0 Å². The summed E-state index contributed by atoms with van der Waals surface area (Å²) in [5.41, 5.74) is 1.15. The van der Waals surface area contributed by atoms with Gasteiger partial charge in [0.2, 0.25) is 9.04 Å². The van der Waals surface area contributed by atoms with Crippen LogP contribution < -0.4 is 4.43 Å². The highest BCUT2D eigenvalue weighted by atomic mass is 32.1. The van der Waals surface area contributed by atoms with Crippen LogP contribution in [0.25, 0.3) is 0 Å². The number of phenolic OH excluding ortho intramolecular Hbond substituents is 1. The molecule has 2 nitrogen and oxygen atoms in total. The lowest BCUT2D eigenvalue weighted by Gasteiger charge is -2.22. The molecule has 0 bridgehead atoms. The summed E-state index contributed by atoms with van der Waals surface area (Å²) in [4.78, 5) is 0.581. The molecule has 0 heterocycles. The number of phenols is 1. The highest BCUT2D eigenvalue weighted by molar-refractivity contribution is 7.80. The summed E-state index contributed by atoms with van der Waals surface area (Å²) in [7, 11) is -1.21. The van der Waals surface area contributed by atoms with Gasteiger partial charge in [-0.25, -0.2) is 0 Å². The van der Waals surface area contributed by atoms with Gasteiger partial charge in [0.1, 0.15) is 5.75 Å². The minimum absolute atomic E-state index is 0.0296. The van der Waals surface area contributed by atoms with Crippen LogP contribution in [0.1, 0.15) is 26.3 Å². The largest absolute Gasteiger partial charge is 0.544 e. The molecule has 0 saturated carbocycles. The van der Waals surface area contributed by atoms with Crippen LogP contribution in [-0.2, 0) is 5.41 Å². The number of aromatic hydroxyl groups is 1. The van der Waals surface area contributed by atoms with Crippen molar-refractivity contribution < 1.29 is 9.53 Å². The monoisotopic (exact) mass is 256 g/mol. The van der Waals surface area contributed by atoms with Gasteiger partial charge in [0.05, 0.1) is 4.90 Å². The topological polar surface area (TPSA) is 29.5 Å². The summed E-state index contributed by atoms with van der Waals surface area (Å²) in [6.07, 6.45) is 0. The Morgan fingerprint density at radius 2 is 1.81 bits per heavy atom. The Kier molecular flexibility index (Phi) is 3.96. The number of rotatable bonds is 2. The van der Waals surface area contributed by atoms with E-state index >= 15 is 0 Å². The van der Waals surface area contributed by atoms with E-state index in [0.29, 0.717) is 10.6 Å². The summed E-state index contributed by atoms with van der Waals surface area (Å²) >= 11 is 4.28. The molecular formula is C12H20O2SSi. The van der Waals surface area contributed by atoms with Crippen LogP contribution in [0.5, 0.6) is 11.5 Å². The summed E-state index contributed by atoms with van der Waals surface area (Å²) in [5.74, 6) is 0.719. The minimum atomic E-state index is -1.21. The third kappa shape index (κ3) is 3.19. The first-order chi connectivity index (χ1) is 7.21.